The van der Waals surface area contributed by atoms with Gasteiger partial charge in [-0.05, 0) is 36.8 Å². The van der Waals surface area contributed by atoms with Crippen LogP contribution in [0.3, 0.4) is 0 Å². The molecule has 0 aliphatic carbocycles. The smallest absolute Gasteiger partial charge is 0.276 e. The van der Waals surface area contributed by atoms with Crippen molar-refractivity contribution in [3.05, 3.63) is 80.6 Å². The molecule has 1 aliphatic rings. The van der Waals surface area contributed by atoms with E-state index in [0.717, 1.165) is 24.1 Å². The standard InChI is InChI=1S/C23H23BrClN3O3/c1-16-19(15-30-21-8-3-2-7-20(21)25)22(26-31-16)23(29)28-11-9-27(10-12-28)14-17-5-4-6-18(24)13-17/h2-8,13H,9-12,14-15H2,1H3. The summed E-state index contributed by atoms with van der Waals surface area (Å²) < 4.78 is 12.2. The first kappa shape index (κ1) is 21.9. The lowest BCUT2D eigenvalue weighted by molar-refractivity contribution is 0.0616. The second-order valence-electron chi connectivity index (χ2n) is 7.48. The number of carbonyl (C=O) groups excluding carboxylic acids is 1. The van der Waals surface area contributed by atoms with Gasteiger partial charge in [0.25, 0.3) is 5.91 Å². The Hall–Kier alpha value is -2.35. The molecule has 1 amide bonds. The summed E-state index contributed by atoms with van der Waals surface area (Å²) in [6, 6.07) is 15.5. The molecule has 2 aromatic carbocycles. The van der Waals surface area contributed by atoms with Crippen LogP contribution < -0.4 is 4.74 Å². The highest BCUT2D eigenvalue weighted by Crippen LogP contribution is 2.26. The van der Waals surface area contributed by atoms with E-state index in [1.54, 1.807) is 19.1 Å². The molecule has 4 rings (SSSR count). The Kier molecular flexibility index (Phi) is 6.95. The van der Waals surface area contributed by atoms with E-state index in [-0.39, 0.29) is 12.5 Å². The van der Waals surface area contributed by atoms with Gasteiger partial charge in [-0.1, -0.05) is 57.0 Å². The molecule has 162 valence electrons. The SMILES string of the molecule is Cc1onc(C(=O)N2CCN(Cc3cccc(Br)c3)CC2)c1COc1ccccc1Cl. The van der Waals surface area contributed by atoms with Gasteiger partial charge in [0.2, 0.25) is 0 Å². The molecule has 6 nitrogen and oxygen atoms in total. The van der Waals surface area contributed by atoms with E-state index in [1.807, 2.05) is 29.2 Å². The zero-order valence-electron chi connectivity index (χ0n) is 17.2. The molecule has 0 atom stereocenters. The van der Waals surface area contributed by atoms with Gasteiger partial charge in [0.05, 0.1) is 10.6 Å². The fraction of sp³-hybridized carbons (Fsp3) is 0.304. The van der Waals surface area contributed by atoms with Gasteiger partial charge in [-0.15, -0.1) is 0 Å². The Bertz CT molecular complexity index is 1060. The minimum atomic E-state index is -0.128. The number of aryl methyl sites for hydroxylation is 1. The van der Waals surface area contributed by atoms with E-state index >= 15 is 0 Å². The molecule has 2 heterocycles. The number of nitrogens with zero attached hydrogens (tertiary/aromatic N) is 3. The van der Waals surface area contributed by atoms with E-state index in [9.17, 15) is 4.79 Å². The lowest BCUT2D eigenvalue weighted by Crippen LogP contribution is -2.48. The van der Waals surface area contributed by atoms with Crippen LogP contribution in [-0.2, 0) is 13.2 Å². The van der Waals surface area contributed by atoms with Crippen LogP contribution in [0.5, 0.6) is 5.75 Å². The van der Waals surface area contributed by atoms with Gasteiger partial charge >= 0.3 is 0 Å². The number of para-hydroxylation sites is 1. The van der Waals surface area contributed by atoms with Crippen molar-refractivity contribution in [1.29, 1.82) is 0 Å². The molecular formula is C23H23BrClN3O3. The maximum atomic E-state index is 13.1. The number of hydrogen-bond donors (Lipinski definition) is 0. The second-order valence-corrected chi connectivity index (χ2v) is 8.81. The highest BCUT2D eigenvalue weighted by molar-refractivity contribution is 9.10. The topological polar surface area (TPSA) is 58.8 Å². The van der Waals surface area contributed by atoms with Gasteiger partial charge in [0.1, 0.15) is 18.1 Å². The number of amides is 1. The average Bonchev–Trinajstić information content (AvgIpc) is 3.13. The summed E-state index contributed by atoms with van der Waals surface area (Å²) in [5.41, 5.74) is 2.21. The number of halogens is 2. The fourth-order valence-corrected chi connectivity index (χ4v) is 4.23. The molecule has 0 saturated carbocycles. The zero-order chi connectivity index (χ0) is 21.8. The monoisotopic (exact) mass is 503 g/mol. The van der Waals surface area contributed by atoms with E-state index < -0.39 is 0 Å². The van der Waals surface area contributed by atoms with Crippen LogP contribution in [-0.4, -0.2) is 47.0 Å². The Morgan fingerprint density at radius 2 is 1.94 bits per heavy atom. The molecular weight excluding hydrogens is 482 g/mol. The van der Waals surface area contributed by atoms with E-state index in [1.165, 1.54) is 5.56 Å². The first-order valence-electron chi connectivity index (χ1n) is 10.1. The number of piperazine rings is 1. The van der Waals surface area contributed by atoms with E-state index in [4.69, 9.17) is 20.9 Å². The van der Waals surface area contributed by atoms with Crippen molar-refractivity contribution in [2.24, 2.45) is 0 Å². The van der Waals surface area contributed by atoms with Gasteiger partial charge in [-0.3, -0.25) is 9.69 Å². The molecule has 0 bridgehead atoms. The van der Waals surface area contributed by atoms with Crippen molar-refractivity contribution in [2.75, 3.05) is 26.2 Å². The quantitative estimate of drug-likeness (QED) is 0.476. The van der Waals surface area contributed by atoms with Crippen LogP contribution >= 0.6 is 27.5 Å². The number of aromatic nitrogens is 1. The maximum absolute atomic E-state index is 13.1. The number of carbonyl (C=O) groups is 1. The predicted molar refractivity (Wildman–Crippen MR) is 122 cm³/mol. The molecule has 0 spiro atoms. The van der Waals surface area contributed by atoms with Crippen LogP contribution in [0.25, 0.3) is 0 Å². The first-order chi connectivity index (χ1) is 15.0. The third kappa shape index (κ3) is 5.29. The lowest BCUT2D eigenvalue weighted by Gasteiger charge is -2.34. The molecule has 0 unspecified atom stereocenters. The van der Waals surface area contributed by atoms with E-state index in [0.29, 0.717) is 40.9 Å². The van der Waals surface area contributed by atoms with Crippen molar-refractivity contribution in [3.8, 4) is 5.75 Å². The van der Waals surface area contributed by atoms with Crippen molar-refractivity contribution in [2.45, 2.75) is 20.1 Å². The average molecular weight is 505 g/mol. The van der Waals surface area contributed by atoms with E-state index in [2.05, 4.69) is 38.1 Å². The number of hydrogen-bond acceptors (Lipinski definition) is 5. The fourth-order valence-electron chi connectivity index (χ4n) is 3.59. The zero-order valence-corrected chi connectivity index (χ0v) is 19.5. The molecule has 1 fully saturated rings. The van der Waals surface area contributed by atoms with Crippen molar-refractivity contribution in [3.63, 3.8) is 0 Å². The van der Waals surface area contributed by atoms with Crippen LogP contribution in [0, 0.1) is 6.92 Å². The van der Waals surface area contributed by atoms with Gasteiger partial charge in [0, 0.05) is 37.2 Å². The van der Waals surface area contributed by atoms with Crippen molar-refractivity contribution in [1.82, 2.24) is 15.0 Å². The Morgan fingerprint density at radius 1 is 1.16 bits per heavy atom. The summed E-state index contributed by atoms with van der Waals surface area (Å²) in [6.45, 7) is 5.71. The highest BCUT2D eigenvalue weighted by atomic mass is 79.9. The number of benzene rings is 2. The summed E-state index contributed by atoms with van der Waals surface area (Å²) in [7, 11) is 0. The predicted octanol–water partition coefficient (Wildman–Crippen LogP) is 4.94. The normalized spacial score (nSPS) is 14.6. The Morgan fingerprint density at radius 3 is 2.68 bits per heavy atom. The third-order valence-electron chi connectivity index (χ3n) is 5.35. The summed E-state index contributed by atoms with van der Waals surface area (Å²) in [4.78, 5) is 17.3. The summed E-state index contributed by atoms with van der Waals surface area (Å²) in [6.07, 6.45) is 0. The van der Waals surface area contributed by atoms with Crippen LogP contribution in [0.1, 0.15) is 27.4 Å². The summed E-state index contributed by atoms with van der Waals surface area (Å²) in [5.74, 6) is 1.00. The summed E-state index contributed by atoms with van der Waals surface area (Å²) in [5, 5.41) is 4.54. The Balaban J connectivity index is 1.37. The van der Waals surface area contributed by atoms with Gasteiger partial charge in [-0.2, -0.15) is 0 Å². The maximum Gasteiger partial charge on any atom is 0.276 e. The second kappa shape index (κ2) is 9.85. The molecule has 1 saturated heterocycles. The lowest BCUT2D eigenvalue weighted by atomic mass is 10.1. The van der Waals surface area contributed by atoms with Crippen molar-refractivity contribution < 1.29 is 14.1 Å². The minimum Gasteiger partial charge on any atom is -0.487 e. The van der Waals surface area contributed by atoms with Crippen LogP contribution in [0.2, 0.25) is 5.02 Å². The summed E-state index contributed by atoms with van der Waals surface area (Å²) >= 11 is 9.68. The minimum absolute atomic E-state index is 0.128. The third-order valence-corrected chi connectivity index (χ3v) is 6.16. The van der Waals surface area contributed by atoms with Crippen LogP contribution in [0.4, 0.5) is 0 Å². The number of rotatable bonds is 6. The highest BCUT2D eigenvalue weighted by Gasteiger charge is 2.28. The number of ether oxygens (including phenoxy) is 1. The molecule has 1 aromatic heterocycles. The van der Waals surface area contributed by atoms with Gasteiger partial charge in [0.15, 0.2) is 5.69 Å². The van der Waals surface area contributed by atoms with Crippen LogP contribution in [0.15, 0.2) is 57.5 Å². The Labute approximate surface area is 194 Å². The first-order valence-corrected chi connectivity index (χ1v) is 11.3. The molecule has 31 heavy (non-hydrogen) atoms. The molecule has 8 heteroatoms. The molecule has 0 N–H and O–H groups in total. The molecule has 0 radical (unpaired) electrons. The molecule has 3 aromatic rings. The van der Waals surface area contributed by atoms with Gasteiger partial charge < -0.3 is 14.2 Å². The van der Waals surface area contributed by atoms with Crippen molar-refractivity contribution >= 4 is 33.4 Å². The molecule has 1 aliphatic heterocycles. The van der Waals surface area contributed by atoms with Gasteiger partial charge in [-0.25, -0.2) is 0 Å². The largest absolute Gasteiger partial charge is 0.487 e.